The molecule has 2 aromatic heterocycles. The van der Waals surface area contributed by atoms with E-state index in [-0.39, 0.29) is 29.9 Å². The topological polar surface area (TPSA) is 91.0 Å². The summed E-state index contributed by atoms with van der Waals surface area (Å²) in [7, 11) is 0. The molecule has 34 heavy (non-hydrogen) atoms. The molecule has 1 N–H and O–H groups in total. The van der Waals surface area contributed by atoms with Gasteiger partial charge in [-0.25, -0.2) is 18.5 Å². The van der Waals surface area contributed by atoms with Crippen LogP contribution in [0.5, 0.6) is 0 Å². The van der Waals surface area contributed by atoms with E-state index in [0.717, 1.165) is 11.4 Å². The zero-order chi connectivity index (χ0) is 24.2. The predicted molar refractivity (Wildman–Crippen MR) is 125 cm³/mol. The minimum absolute atomic E-state index is 0.00379. The average Bonchev–Trinajstić information content (AvgIpc) is 3.48. The molecule has 0 radical (unpaired) electrons. The van der Waals surface area contributed by atoms with Crippen LogP contribution in [-0.2, 0) is 4.74 Å². The van der Waals surface area contributed by atoms with Crippen LogP contribution >= 0.6 is 0 Å². The van der Waals surface area contributed by atoms with Gasteiger partial charge in [0, 0.05) is 11.9 Å². The number of hydrogen-bond acceptors (Lipinski definition) is 5. The number of nitrogens with zero attached hydrogens (tertiary/aromatic N) is 4. The summed E-state index contributed by atoms with van der Waals surface area (Å²) in [5.41, 5.74) is 3.38. The minimum Gasteiger partial charge on any atom is -0.461 e. The van der Waals surface area contributed by atoms with Crippen molar-refractivity contribution in [3.63, 3.8) is 0 Å². The van der Waals surface area contributed by atoms with Gasteiger partial charge < -0.3 is 10.1 Å². The van der Waals surface area contributed by atoms with Gasteiger partial charge in [0.05, 0.1) is 35.4 Å². The molecular formula is C25H24FN5O3. The number of hydrogen-bond donors (Lipinski definition) is 1. The van der Waals surface area contributed by atoms with Gasteiger partial charge in [0.25, 0.3) is 5.91 Å². The molecular weight excluding hydrogens is 437 g/mol. The van der Waals surface area contributed by atoms with Gasteiger partial charge in [0.2, 0.25) is 0 Å². The van der Waals surface area contributed by atoms with Gasteiger partial charge in [-0.1, -0.05) is 13.8 Å². The lowest BCUT2D eigenvalue weighted by Crippen LogP contribution is -2.15. The maximum Gasteiger partial charge on any atom is 0.358 e. The van der Waals surface area contributed by atoms with Crippen LogP contribution in [0.2, 0.25) is 0 Å². The van der Waals surface area contributed by atoms with E-state index in [1.165, 1.54) is 18.3 Å². The van der Waals surface area contributed by atoms with E-state index < -0.39 is 5.97 Å². The molecule has 2 heterocycles. The second-order valence-electron chi connectivity index (χ2n) is 7.85. The summed E-state index contributed by atoms with van der Waals surface area (Å²) < 4.78 is 21.5. The van der Waals surface area contributed by atoms with Crippen LogP contribution in [0, 0.1) is 5.82 Å². The highest BCUT2D eigenvalue weighted by atomic mass is 19.1. The van der Waals surface area contributed by atoms with Crippen LogP contribution in [0.15, 0.2) is 67.0 Å². The summed E-state index contributed by atoms with van der Waals surface area (Å²) in [6.07, 6.45) is 3.18. The van der Waals surface area contributed by atoms with Crippen LogP contribution in [0.3, 0.4) is 0 Å². The van der Waals surface area contributed by atoms with Crippen LogP contribution in [0.25, 0.3) is 11.4 Å². The summed E-state index contributed by atoms with van der Waals surface area (Å²) in [4.78, 5) is 24.9. The molecule has 4 aromatic rings. The third-order valence-electron chi connectivity index (χ3n) is 5.13. The molecule has 0 bridgehead atoms. The lowest BCUT2D eigenvalue weighted by atomic mass is 10.0. The zero-order valence-corrected chi connectivity index (χ0v) is 19.0. The summed E-state index contributed by atoms with van der Waals surface area (Å²) in [6.45, 7) is 5.95. The molecule has 0 fully saturated rings. The van der Waals surface area contributed by atoms with Gasteiger partial charge in [-0.3, -0.25) is 4.79 Å². The molecule has 8 nitrogen and oxygen atoms in total. The van der Waals surface area contributed by atoms with Crippen molar-refractivity contribution in [1.82, 2.24) is 19.6 Å². The summed E-state index contributed by atoms with van der Waals surface area (Å²) in [5.74, 6) is -1.11. The van der Waals surface area contributed by atoms with Gasteiger partial charge in [0.15, 0.2) is 5.69 Å². The Morgan fingerprint density at radius 1 is 1.03 bits per heavy atom. The number of carbonyl (C=O) groups is 2. The lowest BCUT2D eigenvalue weighted by Gasteiger charge is -2.13. The van der Waals surface area contributed by atoms with Gasteiger partial charge in [-0.15, -0.1) is 0 Å². The van der Waals surface area contributed by atoms with Crippen molar-refractivity contribution in [1.29, 1.82) is 0 Å². The van der Waals surface area contributed by atoms with E-state index in [0.29, 0.717) is 16.9 Å². The van der Waals surface area contributed by atoms with Gasteiger partial charge >= 0.3 is 5.97 Å². The highest BCUT2D eigenvalue weighted by Crippen LogP contribution is 2.24. The van der Waals surface area contributed by atoms with E-state index >= 15 is 0 Å². The molecule has 0 saturated carbocycles. The number of rotatable bonds is 7. The quantitative estimate of drug-likeness (QED) is 0.401. The van der Waals surface area contributed by atoms with Gasteiger partial charge in [-0.05, 0) is 67.4 Å². The normalized spacial score (nSPS) is 11.0. The number of benzene rings is 2. The fraction of sp³-hybridized carbons (Fsp3) is 0.200. The van der Waals surface area contributed by atoms with E-state index in [1.807, 2.05) is 13.8 Å². The minimum atomic E-state index is -0.479. The molecule has 0 aliphatic carbocycles. The Labute approximate surface area is 196 Å². The number of nitrogens with one attached hydrogen (secondary N) is 1. The smallest absolute Gasteiger partial charge is 0.358 e. The molecule has 0 aliphatic heterocycles. The second kappa shape index (κ2) is 9.70. The Bertz CT molecular complexity index is 1310. The molecule has 4 rings (SSSR count). The Kier molecular flexibility index (Phi) is 6.53. The van der Waals surface area contributed by atoms with Gasteiger partial charge in [0.1, 0.15) is 5.82 Å². The summed E-state index contributed by atoms with van der Waals surface area (Å²) >= 11 is 0. The maximum atomic E-state index is 13.3. The number of aromatic nitrogens is 4. The van der Waals surface area contributed by atoms with Crippen molar-refractivity contribution in [2.45, 2.75) is 26.7 Å². The predicted octanol–water partition coefficient (Wildman–Crippen LogP) is 4.75. The number of anilines is 1. The first-order chi connectivity index (χ1) is 16.4. The molecule has 9 heteroatoms. The third kappa shape index (κ3) is 4.73. The first kappa shape index (κ1) is 22.9. The van der Waals surface area contributed by atoms with Crippen molar-refractivity contribution < 1.29 is 18.7 Å². The zero-order valence-electron chi connectivity index (χ0n) is 19.0. The third-order valence-corrected chi connectivity index (χ3v) is 5.13. The molecule has 0 atom stereocenters. The first-order valence-electron chi connectivity index (χ1n) is 10.9. The number of amides is 1. The second-order valence-corrected chi connectivity index (χ2v) is 7.85. The Morgan fingerprint density at radius 2 is 1.71 bits per heavy atom. The van der Waals surface area contributed by atoms with E-state index in [1.54, 1.807) is 64.9 Å². The number of esters is 1. The Morgan fingerprint density at radius 3 is 2.35 bits per heavy atom. The number of carbonyl (C=O) groups excluding carboxylic acids is 2. The molecule has 1 amide bonds. The van der Waals surface area contributed by atoms with Crippen LogP contribution < -0.4 is 5.32 Å². The largest absolute Gasteiger partial charge is 0.461 e. The number of halogens is 1. The summed E-state index contributed by atoms with van der Waals surface area (Å²) in [5, 5.41) is 11.5. The fourth-order valence-electron chi connectivity index (χ4n) is 3.55. The van der Waals surface area contributed by atoms with Crippen molar-refractivity contribution in [2.75, 3.05) is 11.9 Å². The highest BCUT2D eigenvalue weighted by molar-refractivity contribution is 6.05. The van der Waals surface area contributed by atoms with Crippen molar-refractivity contribution in [3.05, 3.63) is 89.8 Å². The SMILES string of the molecule is CCOC(=O)c1ccn(-c2ccc(NC(=O)c3cnn(-c4ccc(F)cc4)c3C(C)C)cc2)n1. The van der Waals surface area contributed by atoms with Crippen LogP contribution in [-0.4, -0.2) is 38.0 Å². The molecule has 0 spiro atoms. The fourth-order valence-corrected chi connectivity index (χ4v) is 3.55. The van der Waals surface area contributed by atoms with Crippen LogP contribution in [0.4, 0.5) is 10.1 Å². The molecule has 174 valence electrons. The van der Waals surface area contributed by atoms with Crippen LogP contribution in [0.1, 0.15) is 53.2 Å². The average molecular weight is 461 g/mol. The monoisotopic (exact) mass is 461 g/mol. The molecule has 0 unspecified atom stereocenters. The lowest BCUT2D eigenvalue weighted by molar-refractivity contribution is 0.0519. The van der Waals surface area contributed by atoms with Crippen molar-refractivity contribution in [2.24, 2.45) is 0 Å². The Hall–Kier alpha value is -4.27. The maximum absolute atomic E-state index is 13.3. The highest BCUT2D eigenvalue weighted by Gasteiger charge is 2.21. The number of ether oxygens (including phenoxy) is 1. The first-order valence-corrected chi connectivity index (χ1v) is 10.9. The van der Waals surface area contributed by atoms with Crippen molar-refractivity contribution in [3.8, 4) is 11.4 Å². The van der Waals surface area contributed by atoms with Gasteiger partial charge in [-0.2, -0.15) is 10.2 Å². The van der Waals surface area contributed by atoms with E-state index in [9.17, 15) is 14.0 Å². The molecule has 0 saturated heterocycles. The molecule has 0 aliphatic rings. The Balaban J connectivity index is 1.52. The van der Waals surface area contributed by atoms with E-state index in [2.05, 4.69) is 15.5 Å². The summed E-state index contributed by atoms with van der Waals surface area (Å²) in [6, 6.07) is 14.6. The molecule has 2 aromatic carbocycles. The van der Waals surface area contributed by atoms with E-state index in [4.69, 9.17) is 4.74 Å². The standard InChI is InChI=1S/C25H24FN5O3/c1-4-34-25(33)22-13-14-30(29-22)19-11-7-18(8-12-19)28-24(32)21-15-27-31(23(21)16(2)3)20-9-5-17(26)6-10-20/h5-16H,4H2,1-3H3,(H,28,32). The van der Waals surface area contributed by atoms with Crippen molar-refractivity contribution >= 4 is 17.6 Å².